The van der Waals surface area contributed by atoms with Crippen molar-refractivity contribution in [1.29, 1.82) is 0 Å². The van der Waals surface area contributed by atoms with E-state index < -0.39 is 11.7 Å². The molecule has 1 atom stereocenters. The van der Waals surface area contributed by atoms with Gasteiger partial charge in [0.25, 0.3) is 0 Å². The van der Waals surface area contributed by atoms with E-state index in [-0.39, 0.29) is 6.04 Å². The molecule has 0 spiro atoms. The van der Waals surface area contributed by atoms with Crippen LogP contribution in [0.5, 0.6) is 0 Å². The van der Waals surface area contributed by atoms with Crippen LogP contribution in [0.2, 0.25) is 0 Å². The Kier molecular flexibility index (Phi) is 5.17. The minimum absolute atomic E-state index is 0.154. The lowest BCUT2D eigenvalue weighted by Gasteiger charge is -2.19. The Bertz CT molecular complexity index is 920. The zero-order valence-corrected chi connectivity index (χ0v) is 15.1. The average Bonchev–Trinajstić information content (AvgIpc) is 3.42. The molecule has 1 N–H and O–H groups in total. The van der Waals surface area contributed by atoms with Gasteiger partial charge in [-0.1, -0.05) is 47.6 Å². The molecular weight excluding hydrogens is 367 g/mol. The van der Waals surface area contributed by atoms with Crippen molar-refractivity contribution in [2.24, 2.45) is 5.92 Å². The van der Waals surface area contributed by atoms with Gasteiger partial charge in [-0.2, -0.15) is 18.2 Å². The number of nitrogens with zero attached hydrogens (tertiary/aromatic N) is 2. The summed E-state index contributed by atoms with van der Waals surface area (Å²) in [6.45, 7) is 0.343. The van der Waals surface area contributed by atoms with E-state index in [1.165, 1.54) is 12.1 Å². The van der Waals surface area contributed by atoms with Crippen molar-refractivity contribution in [2.45, 2.75) is 38.0 Å². The molecule has 4 rings (SSSR count). The van der Waals surface area contributed by atoms with Crippen molar-refractivity contribution < 1.29 is 17.7 Å². The summed E-state index contributed by atoms with van der Waals surface area (Å²) in [5.41, 5.74) is 1.10. The first-order valence-electron chi connectivity index (χ1n) is 9.25. The SMILES string of the molecule is FC(F)(F)c1cccc([C@H](NCc2noc(Cc3ccccc3)n2)C2CC2)c1. The van der Waals surface area contributed by atoms with E-state index in [1.54, 1.807) is 6.07 Å². The molecule has 1 aliphatic carbocycles. The van der Waals surface area contributed by atoms with Crippen molar-refractivity contribution in [2.75, 3.05) is 0 Å². The summed E-state index contributed by atoms with van der Waals surface area (Å²) in [6, 6.07) is 15.2. The molecule has 1 heterocycles. The van der Waals surface area contributed by atoms with E-state index in [0.29, 0.717) is 36.2 Å². The van der Waals surface area contributed by atoms with Gasteiger partial charge >= 0.3 is 6.18 Å². The van der Waals surface area contributed by atoms with Crippen LogP contribution in [0.25, 0.3) is 0 Å². The molecule has 0 unspecified atom stereocenters. The summed E-state index contributed by atoms with van der Waals surface area (Å²) in [5.74, 6) is 1.35. The van der Waals surface area contributed by atoms with Gasteiger partial charge in [0.2, 0.25) is 5.89 Å². The van der Waals surface area contributed by atoms with Gasteiger partial charge in [-0.25, -0.2) is 0 Å². The third-order valence-corrected chi connectivity index (χ3v) is 4.85. The Balaban J connectivity index is 1.43. The molecule has 1 aliphatic rings. The standard InChI is InChI=1S/C21H20F3N3O/c22-21(23,24)17-8-4-7-16(12-17)20(15-9-10-15)25-13-18-26-19(28-27-18)11-14-5-2-1-3-6-14/h1-8,12,15,20,25H,9-11,13H2/t20-/m1/s1. The molecular formula is C21H20F3N3O. The fourth-order valence-corrected chi connectivity index (χ4v) is 3.30. The zero-order valence-electron chi connectivity index (χ0n) is 15.1. The Morgan fingerprint density at radius 3 is 2.57 bits per heavy atom. The van der Waals surface area contributed by atoms with E-state index in [2.05, 4.69) is 15.5 Å². The second-order valence-electron chi connectivity index (χ2n) is 7.09. The number of hydrogen-bond donors (Lipinski definition) is 1. The molecule has 0 bridgehead atoms. The fraction of sp³-hybridized carbons (Fsp3) is 0.333. The van der Waals surface area contributed by atoms with E-state index in [4.69, 9.17) is 4.52 Å². The van der Waals surface area contributed by atoms with Crippen LogP contribution in [-0.2, 0) is 19.1 Å². The summed E-state index contributed by atoms with van der Waals surface area (Å²) in [6.07, 6.45) is -1.80. The van der Waals surface area contributed by atoms with Crippen LogP contribution in [0.15, 0.2) is 59.1 Å². The average molecular weight is 387 g/mol. The third kappa shape index (κ3) is 4.59. The highest BCUT2D eigenvalue weighted by molar-refractivity contribution is 5.29. The van der Waals surface area contributed by atoms with Crippen molar-refractivity contribution in [3.63, 3.8) is 0 Å². The lowest BCUT2D eigenvalue weighted by atomic mass is 10.00. The lowest BCUT2D eigenvalue weighted by molar-refractivity contribution is -0.137. The molecule has 3 aromatic rings. The van der Waals surface area contributed by atoms with Gasteiger partial charge in [0.1, 0.15) is 0 Å². The third-order valence-electron chi connectivity index (χ3n) is 4.85. The fourth-order valence-electron chi connectivity index (χ4n) is 3.30. The molecule has 4 nitrogen and oxygen atoms in total. The molecule has 2 aromatic carbocycles. The Morgan fingerprint density at radius 2 is 1.86 bits per heavy atom. The predicted octanol–water partition coefficient (Wildman–Crippen LogP) is 4.92. The van der Waals surface area contributed by atoms with Crippen molar-refractivity contribution in [3.8, 4) is 0 Å². The molecule has 0 aliphatic heterocycles. The van der Waals surface area contributed by atoms with E-state index >= 15 is 0 Å². The van der Waals surface area contributed by atoms with Crippen LogP contribution in [-0.4, -0.2) is 10.1 Å². The summed E-state index contributed by atoms with van der Waals surface area (Å²) in [4.78, 5) is 4.39. The number of benzene rings is 2. The van der Waals surface area contributed by atoms with E-state index in [9.17, 15) is 13.2 Å². The Morgan fingerprint density at radius 1 is 1.07 bits per heavy atom. The molecule has 0 radical (unpaired) electrons. The minimum atomic E-state index is -4.34. The monoisotopic (exact) mass is 387 g/mol. The zero-order chi connectivity index (χ0) is 19.6. The summed E-state index contributed by atoms with van der Waals surface area (Å²) >= 11 is 0. The van der Waals surface area contributed by atoms with Crippen LogP contribution in [0, 0.1) is 5.92 Å². The van der Waals surface area contributed by atoms with Crippen LogP contribution in [0.1, 0.15) is 47.3 Å². The van der Waals surface area contributed by atoms with Gasteiger partial charge in [0, 0.05) is 6.04 Å². The lowest BCUT2D eigenvalue weighted by Crippen LogP contribution is -2.23. The maximum Gasteiger partial charge on any atom is 0.416 e. The highest BCUT2D eigenvalue weighted by atomic mass is 19.4. The van der Waals surface area contributed by atoms with Crippen LogP contribution in [0.4, 0.5) is 13.2 Å². The number of rotatable bonds is 7. The molecule has 0 amide bonds. The Hall–Kier alpha value is -2.67. The first-order chi connectivity index (χ1) is 13.5. The maximum absolute atomic E-state index is 13.0. The van der Waals surface area contributed by atoms with E-state index in [1.807, 2.05) is 30.3 Å². The first kappa shape index (κ1) is 18.7. The van der Waals surface area contributed by atoms with Gasteiger partial charge in [-0.05, 0) is 42.0 Å². The number of alkyl halides is 3. The first-order valence-corrected chi connectivity index (χ1v) is 9.25. The quantitative estimate of drug-likeness (QED) is 0.625. The highest BCUT2D eigenvalue weighted by Crippen LogP contribution is 2.42. The second kappa shape index (κ2) is 7.75. The molecule has 7 heteroatoms. The normalized spacial score (nSPS) is 15.5. The summed E-state index contributed by atoms with van der Waals surface area (Å²) < 4.78 is 44.4. The minimum Gasteiger partial charge on any atom is -0.339 e. The van der Waals surface area contributed by atoms with E-state index in [0.717, 1.165) is 24.5 Å². The van der Waals surface area contributed by atoms with Gasteiger partial charge < -0.3 is 9.84 Å². The highest BCUT2D eigenvalue weighted by Gasteiger charge is 2.35. The van der Waals surface area contributed by atoms with Crippen molar-refractivity contribution in [1.82, 2.24) is 15.5 Å². The molecule has 1 saturated carbocycles. The summed E-state index contributed by atoms with van der Waals surface area (Å²) in [7, 11) is 0. The van der Waals surface area contributed by atoms with Crippen LogP contribution in [0.3, 0.4) is 0 Å². The molecule has 0 saturated heterocycles. The van der Waals surface area contributed by atoms with Gasteiger partial charge in [0.05, 0.1) is 18.5 Å². The number of nitrogens with one attached hydrogen (secondary N) is 1. The van der Waals surface area contributed by atoms with Crippen LogP contribution < -0.4 is 5.32 Å². The maximum atomic E-state index is 13.0. The predicted molar refractivity (Wildman–Crippen MR) is 97.3 cm³/mol. The van der Waals surface area contributed by atoms with Crippen molar-refractivity contribution >= 4 is 0 Å². The topological polar surface area (TPSA) is 51.0 Å². The van der Waals surface area contributed by atoms with Crippen molar-refractivity contribution in [3.05, 3.63) is 83.0 Å². The Labute approximate surface area is 160 Å². The molecule has 146 valence electrons. The van der Waals surface area contributed by atoms with Crippen LogP contribution >= 0.6 is 0 Å². The number of hydrogen-bond acceptors (Lipinski definition) is 4. The van der Waals surface area contributed by atoms with Gasteiger partial charge in [0.15, 0.2) is 5.82 Å². The smallest absolute Gasteiger partial charge is 0.339 e. The van der Waals surface area contributed by atoms with Gasteiger partial charge in [-0.3, -0.25) is 0 Å². The second-order valence-corrected chi connectivity index (χ2v) is 7.09. The number of aromatic nitrogens is 2. The molecule has 28 heavy (non-hydrogen) atoms. The molecule has 1 fully saturated rings. The largest absolute Gasteiger partial charge is 0.416 e. The molecule has 1 aromatic heterocycles. The number of halogens is 3. The van der Waals surface area contributed by atoms with Gasteiger partial charge in [-0.15, -0.1) is 0 Å². The summed E-state index contributed by atoms with van der Waals surface area (Å²) in [5, 5.41) is 7.30.